The fourth-order valence-corrected chi connectivity index (χ4v) is 1.39. The number of aromatic nitrogens is 1. The third-order valence-corrected chi connectivity index (χ3v) is 1.98. The van der Waals surface area contributed by atoms with Crippen molar-refractivity contribution in [3.63, 3.8) is 0 Å². The number of H-pyrrole nitrogens is 1. The highest BCUT2D eigenvalue weighted by atomic mass is 16.4. The number of carboxylic acid groups (broad SMARTS) is 1. The Bertz CT molecular complexity index is 445. The molecule has 0 aliphatic carbocycles. The first-order valence-electron chi connectivity index (χ1n) is 4.03. The summed E-state index contributed by atoms with van der Waals surface area (Å²) in [6, 6.07) is 5.65. The number of hydrogen-bond acceptors (Lipinski definition) is 1. The quantitative estimate of drug-likeness (QED) is 0.731. The second-order valence-electron chi connectivity index (χ2n) is 2.99. The van der Waals surface area contributed by atoms with Crippen molar-refractivity contribution in [2.24, 2.45) is 0 Å². The molecule has 0 radical (unpaired) electrons. The van der Waals surface area contributed by atoms with E-state index < -0.39 is 5.97 Å². The third kappa shape index (κ3) is 1.54. The normalized spacial score (nSPS) is 10.5. The molecule has 2 N–H and O–H groups in total. The summed E-state index contributed by atoms with van der Waals surface area (Å²) in [5, 5.41) is 10.7. The molecule has 0 spiro atoms. The number of rotatable bonds is 2. The number of aliphatic carboxylic acids is 1. The summed E-state index contributed by atoms with van der Waals surface area (Å²) in [6.07, 6.45) is 3.84. The zero-order valence-electron chi connectivity index (χ0n) is 6.95. The van der Waals surface area contributed by atoms with Gasteiger partial charge in [0.15, 0.2) is 0 Å². The van der Waals surface area contributed by atoms with Gasteiger partial charge in [0.05, 0.1) is 6.42 Å². The van der Waals surface area contributed by atoms with Gasteiger partial charge in [-0.15, -0.1) is 0 Å². The van der Waals surface area contributed by atoms with Crippen LogP contribution < -0.4 is 0 Å². The minimum Gasteiger partial charge on any atom is -0.481 e. The molecule has 2 aromatic rings. The fourth-order valence-electron chi connectivity index (χ4n) is 1.39. The fraction of sp³-hybridized carbons (Fsp3) is 0.100. The van der Waals surface area contributed by atoms with Gasteiger partial charge in [-0.05, 0) is 22.4 Å². The Kier molecular flexibility index (Phi) is 1.77. The molecule has 0 bridgehead atoms. The molecule has 66 valence electrons. The first-order valence-corrected chi connectivity index (χ1v) is 4.03. The Morgan fingerprint density at radius 3 is 2.85 bits per heavy atom. The van der Waals surface area contributed by atoms with E-state index in [4.69, 9.17) is 5.11 Å². The first kappa shape index (κ1) is 7.86. The Morgan fingerprint density at radius 2 is 2.08 bits per heavy atom. The van der Waals surface area contributed by atoms with Gasteiger partial charge in [-0.2, -0.15) is 0 Å². The average molecular weight is 175 g/mol. The number of fused-ring (bicyclic) bond motifs is 1. The van der Waals surface area contributed by atoms with Crippen LogP contribution in [-0.4, -0.2) is 16.1 Å². The van der Waals surface area contributed by atoms with Crippen LogP contribution in [0.25, 0.3) is 10.8 Å². The molecule has 1 aromatic heterocycles. The van der Waals surface area contributed by atoms with Crippen molar-refractivity contribution in [1.29, 1.82) is 0 Å². The molecular formula is C10H9NO2. The Hall–Kier alpha value is -1.77. The van der Waals surface area contributed by atoms with Crippen LogP contribution in [0.2, 0.25) is 0 Å². The van der Waals surface area contributed by atoms with Gasteiger partial charge in [0, 0.05) is 12.4 Å². The highest BCUT2D eigenvalue weighted by Gasteiger charge is 2.01. The van der Waals surface area contributed by atoms with Gasteiger partial charge in [-0.1, -0.05) is 12.1 Å². The lowest BCUT2D eigenvalue weighted by molar-refractivity contribution is -0.136. The lowest BCUT2D eigenvalue weighted by Gasteiger charge is -1.96. The van der Waals surface area contributed by atoms with Crippen molar-refractivity contribution in [3.05, 3.63) is 36.2 Å². The van der Waals surface area contributed by atoms with Gasteiger partial charge < -0.3 is 10.1 Å². The van der Waals surface area contributed by atoms with Crippen LogP contribution in [0.15, 0.2) is 30.6 Å². The van der Waals surface area contributed by atoms with Crippen molar-refractivity contribution < 1.29 is 9.90 Å². The van der Waals surface area contributed by atoms with Crippen molar-refractivity contribution >= 4 is 16.7 Å². The number of hydrogen-bond donors (Lipinski definition) is 2. The topological polar surface area (TPSA) is 53.1 Å². The second-order valence-corrected chi connectivity index (χ2v) is 2.99. The van der Waals surface area contributed by atoms with Gasteiger partial charge in [0.25, 0.3) is 0 Å². The molecule has 0 saturated carbocycles. The van der Waals surface area contributed by atoms with E-state index in [1.807, 2.05) is 30.6 Å². The van der Waals surface area contributed by atoms with Crippen LogP contribution in [-0.2, 0) is 11.2 Å². The lowest BCUT2D eigenvalue weighted by atomic mass is 10.1. The van der Waals surface area contributed by atoms with E-state index in [9.17, 15) is 4.79 Å². The maximum absolute atomic E-state index is 10.4. The maximum atomic E-state index is 10.4. The van der Waals surface area contributed by atoms with Crippen LogP contribution in [0.3, 0.4) is 0 Å². The van der Waals surface area contributed by atoms with Crippen molar-refractivity contribution in [3.8, 4) is 0 Å². The summed E-state index contributed by atoms with van der Waals surface area (Å²) in [5.41, 5.74) is 0.833. The summed E-state index contributed by atoms with van der Waals surface area (Å²) in [4.78, 5) is 13.4. The number of nitrogens with one attached hydrogen (secondary N) is 1. The zero-order chi connectivity index (χ0) is 9.26. The standard InChI is InChI=1S/C10H9NO2/c12-10(13)4-7-1-2-8-5-11-6-9(8)3-7/h1-3,5-6,11H,4H2,(H,12,13). The second kappa shape index (κ2) is 2.94. The van der Waals surface area contributed by atoms with E-state index in [2.05, 4.69) is 4.98 Å². The van der Waals surface area contributed by atoms with Crippen molar-refractivity contribution in [1.82, 2.24) is 4.98 Å². The van der Waals surface area contributed by atoms with E-state index in [0.29, 0.717) is 0 Å². The largest absolute Gasteiger partial charge is 0.481 e. The van der Waals surface area contributed by atoms with Crippen molar-refractivity contribution in [2.45, 2.75) is 6.42 Å². The van der Waals surface area contributed by atoms with E-state index >= 15 is 0 Å². The number of aromatic amines is 1. The molecule has 2 rings (SSSR count). The zero-order valence-corrected chi connectivity index (χ0v) is 6.95. The molecule has 3 heteroatoms. The van der Waals surface area contributed by atoms with Crippen LogP contribution >= 0.6 is 0 Å². The number of carbonyl (C=O) groups is 1. The molecule has 0 unspecified atom stereocenters. The van der Waals surface area contributed by atoms with Gasteiger partial charge >= 0.3 is 5.97 Å². The number of carboxylic acids is 1. The Balaban J connectivity index is 2.42. The SMILES string of the molecule is O=C(O)Cc1ccc2c[nH]cc2c1. The summed E-state index contributed by atoms with van der Waals surface area (Å²) in [5.74, 6) is -0.796. The molecule has 1 heterocycles. The van der Waals surface area contributed by atoms with Gasteiger partial charge in [0.2, 0.25) is 0 Å². The minimum absolute atomic E-state index is 0.0844. The van der Waals surface area contributed by atoms with Crippen molar-refractivity contribution in [2.75, 3.05) is 0 Å². The van der Waals surface area contributed by atoms with Crippen LogP contribution in [0.4, 0.5) is 0 Å². The summed E-state index contributed by atoms with van der Waals surface area (Å²) >= 11 is 0. The Labute approximate surface area is 75.0 Å². The molecule has 0 atom stereocenters. The highest BCUT2D eigenvalue weighted by molar-refractivity contribution is 5.83. The van der Waals surface area contributed by atoms with Crippen LogP contribution in [0.5, 0.6) is 0 Å². The average Bonchev–Trinajstić information content (AvgIpc) is 2.49. The molecule has 0 aliphatic rings. The molecule has 1 aromatic carbocycles. The van der Waals surface area contributed by atoms with Crippen LogP contribution in [0.1, 0.15) is 5.56 Å². The van der Waals surface area contributed by atoms with E-state index in [1.165, 1.54) is 0 Å². The monoisotopic (exact) mass is 175 g/mol. The number of benzene rings is 1. The predicted molar refractivity (Wildman–Crippen MR) is 49.6 cm³/mol. The Morgan fingerprint density at radius 1 is 1.31 bits per heavy atom. The lowest BCUT2D eigenvalue weighted by Crippen LogP contribution is -1.99. The molecule has 3 nitrogen and oxygen atoms in total. The third-order valence-electron chi connectivity index (χ3n) is 1.98. The predicted octanol–water partition coefficient (Wildman–Crippen LogP) is 1.79. The van der Waals surface area contributed by atoms with Gasteiger partial charge in [0.1, 0.15) is 0 Å². The molecular weight excluding hydrogens is 166 g/mol. The molecule has 0 amide bonds. The summed E-state index contributed by atoms with van der Waals surface area (Å²) < 4.78 is 0. The minimum atomic E-state index is -0.796. The smallest absolute Gasteiger partial charge is 0.307 e. The summed E-state index contributed by atoms with van der Waals surface area (Å²) in [7, 11) is 0. The molecule has 0 aliphatic heterocycles. The van der Waals surface area contributed by atoms with E-state index in [1.54, 1.807) is 0 Å². The maximum Gasteiger partial charge on any atom is 0.307 e. The van der Waals surface area contributed by atoms with Gasteiger partial charge in [-0.3, -0.25) is 4.79 Å². The molecule has 0 saturated heterocycles. The molecule has 13 heavy (non-hydrogen) atoms. The summed E-state index contributed by atoms with van der Waals surface area (Å²) in [6.45, 7) is 0. The van der Waals surface area contributed by atoms with Gasteiger partial charge in [-0.25, -0.2) is 0 Å². The first-order chi connectivity index (χ1) is 6.25. The van der Waals surface area contributed by atoms with E-state index in [-0.39, 0.29) is 6.42 Å². The van der Waals surface area contributed by atoms with E-state index in [0.717, 1.165) is 16.3 Å². The van der Waals surface area contributed by atoms with Crippen LogP contribution in [0, 0.1) is 0 Å². The molecule has 0 fully saturated rings. The highest BCUT2D eigenvalue weighted by Crippen LogP contribution is 2.15.